The summed E-state index contributed by atoms with van der Waals surface area (Å²) in [5.41, 5.74) is 1.71. The maximum absolute atomic E-state index is 12.0. The number of nitrogens with one attached hydrogen (secondary N) is 2. The fourth-order valence-electron chi connectivity index (χ4n) is 2.47. The van der Waals surface area contributed by atoms with E-state index in [2.05, 4.69) is 15.6 Å². The molecule has 0 atom stereocenters. The van der Waals surface area contributed by atoms with Crippen molar-refractivity contribution in [2.75, 3.05) is 11.9 Å². The molecule has 0 aliphatic rings. The number of aromatic nitrogens is 1. The van der Waals surface area contributed by atoms with Crippen molar-refractivity contribution < 1.29 is 18.4 Å². The first-order valence-corrected chi connectivity index (χ1v) is 9.05. The minimum absolute atomic E-state index is 0.141. The second-order valence-corrected chi connectivity index (χ2v) is 6.61. The molecule has 0 fully saturated rings. The predicted octanol–water partition coefficient (Wildman–Crippen LogP) is 3.76. The topological polar surface area (TPSA) is 97.4 Å². The van der Waals surface area contributed by atoms with Crippen molar-refractivity contribution >= 4 is 28.3 Å². The molecule has 0 saturated carbocycles. The van der Waals surface area contributed by atoms with Gasteiger partial charge in [0.15, 0.2) is 10.9 Å². The van der Waals surface area contributed by atoms with Gasteiger partial charge in [0.25, 0.3) is 5.91 Å². The van der Waals surface area contributed by atoms with Crippen molar-refractivity contribution in [2.45, 2.75) is 26.7 Å². The van der Waals surface area contributed by atoms with Crippen LogP contribution in [-0.2, 0) is 4.79 Å². The number of thiazole rings is 1. The Morgan fingerprint density at radius 1 is 1.31 bits per heavy atom. The Balaban J connectivity index is 1.44. The van der Waals surface area contributed by atoms with Gasteiger partial charge >= 0.3 is 0 Å². The van der Waals surface area contributed by atoms with E-state index in [-0.39, 0.29) is 24.0 Å². The summed E-state index contributed by atoms with van der Waals surface area (Å²) in [6.07, 6.45) is 2.25. The first-order valence-electron chi connectivity index (χ1n) is 8.17. The number of furan rings is 2. The summed E-state index contributed by atoms with van der Waals surface area (Å²) in [7, 11) is 0. The molecule has 0 aliphatic heterocycles. The highest BCUT2D eigenvalue weighted by atomic mass is 32.1. The van der Waals surface area contributed by atoms with Gasteiger partial charge in [0, 0.05) is 23.9 Å². The van der Waals surface area contributed by atoms with Crippen LogP contribution in [0, 0.1) is 13.8 Å². The van der Waals surface area contributed by atoms with Gasteiger partial charge in [-0.15, -0.1) is 11.3 Å². The van der Waals surface area contributed by atoms with Crippen molar-refractivity contribution in [3.8, 4) is 11.3 Å². The number of anilines is 1. The molecule has 2 N–H and O–H groups in total. The zero-order valence-electron chi connectivity index (χ0n) is 14.5. The molecule has 0 saturated heterocycles. The molecule has 0 aromatic carbocycles. The van der Waals surface area contributed by atoms with E-state index in [9.17, 15) is 9.59 Å². The van der Waals surface area contributed by atoms with Crippen molar-refractivity contribution in [3.63, 3.8) is 0 Å². The number of carbonyl (C=O) groups excluding carboxylic acids is 2. The van der Waals surface area contributed by atoms with Crippen LogP contribution in [0.2, 0.25) is 0 Å². The predicted molar refractivity (Wildman–Crippen MR) is 98.2 cm³/mol. The first kappa shape index (κ1) is 17.9. The smallest absolute Gasteiger partial charge is 0.286 e. The van der Waals surface area contributed by atoms with E-state index >= 15 is 0 Å². The van der Waals surface area contributed by atoms with Gasteiger partial charge in [0.2, 0.25) is 5.91 Å². The van der Waals surface area contributed by atoms with Crippen molar-refractivity contribution in [1.82, 2.24) is 10.3 Å². The second-order valence-electron chi connectivity index (χ2n) is 5.75. The summed E-state index contributed by atoms with van der Waals surface area (Å²) >= 11 is 1.37. The summed E-state index contributed by atoms with van der Waals surface area (Å²) < 4.78 is 10.5. The third-order valence-corrected chi connectivity index (χ3v) is 4.44. The van der Waals surface area contributed by atoms with Crippen LogP contribution < -0.4 is 10.6 Å². The average Bonchev–Trinajstić information content (AvgIpc) is 3.32. The Hall–Kier alpha value is -2.87. The highest BCUT2D eigenvalue weighted by Gasteiger charge is 2.13. The zero-order valence-corrected chi connectivity index (χ0v) is 15.3. The lowest BCUT2D eigenvalue weighted by Gasteiger charge is -2.03. The summed E-state index contributed by atoms with van der Waals surface area (Å²) in [6, 6.07) is 5.17. The summed E-state index contributed by atoms with van der Waals surface area (Å²) in [5, 5.41) is 7.91. The Morgan fingerprint density at radius 3 is 2.85 bits per heavy atom. The highest BCUT2D eigenvalue weighted by Crippen LogP contribution is 2.29. The standard InChI is InChI=1S/C18H19N3O4S/c1-11-9-13(12(2)25-11)14-10-26-18(20-14)21-16(22)6-3-7-19-17(23)15-5-4-8-24-15/h4-5,8-10H,3,6-7H2,1-2H3,(H,19,23)(H,20,21,22). The van der Waals surface area contributed by atoms with Gasteiger partial charge in [-0.2, -0.15) is 0 Å². The SMILES string of the molecule is Cc1cc(-c2csc(NC(=O)CCCNC(=O)c3ccco3)n2)c(C)o1. The van der Waals surface area contributed by atoms with Gasteiger partial charge in [-0.05, 0) is 38.5 Å². The zero-order chi connectivity index (χ0) is 18.5. The minimum atomic E-state index is -0.286. The molecule has 7 nitrogen and oxygen atoms in total. The van der Waals surface area contributed by atoms with Crippen LogP contribution in [0.15, 0.2) is 38.7 Å². The lowest BCUT2D eigenvalue weighted by Crippen LogP contribution is -2.25. The number of aryl methyl sites for hydroxylation is 2. The van der Waals surface area contributed by atoms with Crippen LogP contribution in [-0.4, -0.2) is 23.3 Å². The average molecular weight is 373 g/mol. The molecular weight excluding hydrogens is 354 g/mol. The molecule has 136 valence electrons. The normalized spacial score (nSPS) is 10.7. The van der Waals surface area contributed by atoms with Gasteiger partial charge in [0.1, 0.15) is 11.5 Å². The van der Waals surface area contributed by atoms with Crippen molar-refractivity contribution in [1.29, 1.82) is 0 Å². The van der Waals surface area contributed by atoms with Crippen molar-refractivity contribution in [3.05, 3.63) is 47.1 Å². The largest absolute Gasteiger partial charge is 0.466 e. The van der Waals surface area contributed by atoms with Crippen LogP contribution in [0.5, 0.6) is 0 Å². The molecule has 8 heteroatoms. The Morgan fingerprint density at radius 2 is 2.15 bits per heavy atom. The molecule has 0 unspecified atom stereocenters. The maximum Gasteiger partial charge on any atom is 0.286 e. The molecule has 0 spiro atoms. The fourth-order valence-corrected chi connectivity index (χ4v) is 3.19. The Labute approximate surface area is 154 Å². The maximum atomic E-state index is 12.0. The lowest BCUT2D eigenvalue weighted by atomic mass is 10.2. The van der Waals surface area contributed by atoms with Crippen LogP contribution in [0.4, 0.5) is 5.13 Å². The quantitative estimate of drug-likeness (QED) is 0.615. The second kappa shape index (κ2) is 8.01. The monoisotopic (exact) mass is 373 g/mol. The van der Waals surface area contributed by atoms with Gasteiger partial charge in [-0.3, -0.25) is 9.59 Å². The number of rotatable bonds is 7. The molecule has 0 aliphatic carbocycles. The number of nitrogens with zero attached hydrogens (tertiary/aromatic N) is 1. The van der Waals surface area contributed by atoms with E-state index in [1.54, 1.807) is 12.1 Å². The molecule has 3 rings (SSSR count). The van der Waals surface area contributed by atoms with Crippen LogP contribution in [0.3, 0.4) is 0 Å². The van der Waals surface area contributed by atoms with Gasteiger partial charge < -0.3 is 19.5 Å². The van der Waals surface area contributed by atoms with Crippen LogP contribution in [0.25, 0.3) is 11.3 Å². The molecule has 3 aromatic heterocycles. The fraction of sp³-hybridized carbons (Fsp3) is 0.278. The van der Waals surface area contributed by atoms with E-state index < -0.39 is 0 Å². The van der Waals surface area contributed by atoms with E-state index in [1.165, 1.54) is 17.6 Å². The molecule has 0 radical (unpaired) electrons. The van der Waals surface area contributed by atoms with Gasteiger partial charge in [-0.25, -0.2) is 4.98 Å². The third-order valence-electron chi connectivity index (χ3n) is 3.68. The molecule has 2 amide bonds. The van der Waals surface area contributed by atoms with E-state index in [4.69, 9.17) is 8.83 Å². The number of amides is 2. The Bertz CT molecular complexity index is 896. The Kier molecular flexibility index (Phi) is 5.52. The number of hydrogen-bond acceptors (Lipinski definition) is 6. The van der Waals surface area contributed by atoms with E-state index in [0.717, 1.165) is 22.8 Å². The molecule has 26 heavy (non-hydrogen) atoms. The van der Waals surface area contributed by atoms with Crippen molar-refractivity contribution in [2.24, 2.45) is 0 Å². The highest BCUT2D eigenvalue weighted by molar-refractivity contribution is 7.14. The van der Waals surface area contributed by atoms with Crippen LogP contribution in [0.1, 0.15) is 34.9 Å². The third kappa shape index (κ3) is 4.40. The van der Waals surface area contributed by atoms with E-state index in [0.29, 0.717) is 18.1 Å². The van der Waals surface area contributed by atoms with Crippen LogP contribution >= 0.6 is 11.3 Å². The molecular formula is C18H19N3O4S. The molecule has 3 aromatic rings. The van der Waals surface area contributed by atoms with Gasteiger partial charge in [0.05, 0.1) is 12.0 Å². The number of hydrogen-bond donors (Lipinski definition) is 2. The first-order chi connectivity index (χ1) is 12.5. The molecule has 3 heterocycles. The molecule has 0 bridgehead atoms. The van der Waals surface area contributed by atoms with Gasteiger partial charge in [-0.1, -0.05) is 0 Å². The summed E-state index contributed by atoms with van der Waals surface area (Å²) in [6.45, 7) is 4.16. The summed E-state index contributed by atoms with van der Waals surface area (Å²) in [5.74, 6) is 1.46. The summed E-state index contributed by atoms with van der Waals surface area (Å²) in [4.78, 5) is 28.1. The lowest BCUT2D eigenvalue weighted by molar-refractivity contribution is -0.116. The number of carbonyl (C=O) groups is 2. The van der Waals surface area contributed by atoms with E-state index in [1.807, 2.05) is 25.3 Å². The minimum Gasteiger partial charge on any atom is -0.466 e.